The number of rotatable bonds is 6. The highest BCUT2D eigenvalue weighted by atomic mass is 35.5. The van der Waals surface area contributed by atoms with Gasteiger partial charge in [-0.3, -0.25) is 4.79 Å². The van der Waals surface area contributed by atoms with E-state index in [9.17, 15) is 4.79 Å². The number of allylic oxidation sites excluding steroid dienone is 1. The van der Waals surface area contributed by atoms with Gasteiger partial charge in [0.25, 0.3) is 0 Å². The molecule has 0 radical (unpaired) electrons. The molecule has 0 fully saturated rings. The van der Waals surface area contributed by atoms with Crippen LogP contribution < -0.4 is 9.47 Å². The lowest BCUT2D eigenvalue weighted by Crippen LogP contribution is -1.99. The van der Waals surface area contributed by atoms with Gasteiger partial charge in [-0.15, -0.1) is 0 Å². The number of hydrogen-bond donors (Lipinski definition) is 0. The topological polar surface area (TPSA) is 35.5 Å². The lowest BCUT2D eigenvalue weighted by Gasteiger charge is -2.14. The Morgan fingerprint density at radius 3 is 2.50 bits per heavy atom. The van der Waals surface area contributed by atoms with Crippen molar-refractivity contribution in [2.24, 2.45) is 0 Å². The first-order valence-electron chi connectivity index (χ1n) is 6.72. The summed E-state index contributed by atoms with van der Waals surface area (Å²) < 4.78 is 11.0. The summed E-state index contributed by atoms with van der Waals surface area (Å²) in [5.74, 6) is 0.800. The van der Waals surface area contributed by atoms with E-state index < -0.39 is 5.24 Å². The fourth-order valence-electron chi connectivity index (χ4n) is 1.93. The fourth-order valence-corrected chi connectivity index (χ4v) is 2.73. The van der Waals surface area contributed by atoms with E-state index in [4.69, 9.17) is 55.9 Å². The van der Waals surface area contributed by atoms with Crippen molar-refractivity contribution in [3.05, 3.63) is 62.6 Å². The van der Waals surface area contributed by atoms with Gasteiger partial charge in [-0.25, -0.2) is 0 Å². The van der Waals surface area contributed by atoms with E-state index >= 15 is 0 Å². The van der Waals surface area contributed by atoms with Crippen molar-refractivity contribution in [1.29, 1.82) is 0 Å². The molecule has 0 atom stereocenters. The highest BCUT2D eigenvalue weighted by Gasteiger charge is 2.12. The van der Waals surface area contributed by atoms with E-state index in [1.165, 1.54) is 19.3 Å². The predicted octanol–water partition coefficient (Wildman–Crippen LogP) is 6.01. The smallest absolute Gasteiger partial charge is 0.245 e. The van der Waals surface area contributed by atoms with Crippen LogP contribution >= 0.6 is 46.4 Å². The lowest BCUT2D eigenvalue weighted by atomic mass is 10.2. The molecular formula is C17H12Cl4O3. The van der Waals surface area contributed by atoms with Crippen LogP contribution in [0.2, 0.25) is 15.1 Å². The third-order valence-corrected chi connectivity index (χ3v) is 4.04. The normalized spacial score (nSPS) is 10.9. The van der Waals surface area contributed by atoms with Crippen LogP contribution in [0, 0.1) is 0 Å². The van der Waals surface area contributed by atoms with Crippen LogP contribution in [0.5, 0.6) is 11.5 Å². The summed E-state index contributed by atoms with van der Waals surface area (Å²) in [6, 6.07) is 8.45. The summed E-state index contributed by atoms with van der Waals surface area (Å²) in [6.07, 6.45) is 2.75. The molecule has 0 spiro atoms. The Balaban J connectivity index is 2.24. The van der Waals surface area contributed by atoms with E-state index in [2.05, 4.69) is 0 Å². The van der Waals surface area contributed by atoms with Crippen molar-refractivity contribution < 1.29 is 14.3 Å². The van der Waals surface area contributed by atoms with Gasteiger partial charge in [0, 0.05) is 15.6 Å². The van der Waals surface area contributed by atoms with Crippen molar-refractivity contribution in [2.75, 3.05) is 7.11 Å². The number of ether oxygens (including phenoxy) is 2. The van der Waals surface area contributed by atoms with Crippen molar-refractivity contribution in [1.82, 2.24) is 0 Å². The van der Waals surface area contributed by atoms with Crippen LogP contribution in [0.3, 0.4) is 0 Å². The second-order valence-electron chi connectivity index (χ2n) is 4.70. The largest absolute Gasteiger partial charge is 0.493 e. The molecule has 2 aromatic rings. The van der Waals surface area contributed by atoms with Crippen LogP contribution in [-0.4, -0.2) is 12.4 Å². The van der Waals surface area contributed by atoms with Crippen molar-refractivity contribution in [2.45, 2.75) is 6.61 Å². The SMILES string of the molecule is COc1cc(/C=C/C(=O)Cl)cc(Cl)c1OCc1ccc(Cl)cc1Cl. The first-order chi connectivity index (χ1) is 11.4. The Morgan fingerprint density at radius 2 is 1.88 bits per heavy atom. The molecular weight excluding hydrogens is 394 g/mol. The monoisotopic (exact) mass is 404 g/mol. The van der Waals surface area contributed by atoms with E-state index in [1.54, 1.807) is 30.3 Å². The first kappa shape index (κ1) is 18.9. The number of benzene rings is 2. The zero-order valence-electron chi connectivity index (χ0n) is 12.5. The van der Waals surface area contributed by atoms with Crippen LogP contribution in [0.1, 0.15) is 11.1 Å². The quantitative estimate of drug-likeness (QED) is 0.435. The Morgan fingerprint density at radius 1 is 1.12 bits per heavy atom. The van der Waals surface area contributed by atoms with Crippen LogP contribution in [-0.2, 0) is 11.4 Å². The summed E-state index contributed by atoms with van der Waals surface area (Å²) >= 11 is 23.5. The molecule has 0 amide bonds. The summed E-state index contributed by atoms with van der Waals surface area (Å²) in [4.78, 5) is 10.8. The molecule has 2 aromatic carbocycles. The van der Waals surface area contributed by atoms with Gasteiger partial charge in [-0.1, -0.05) is 40.9 Å². The molecule has 0 saturated carbocycles. The molecule has 0 aliphatic rings. The molecule has 0 saturated heterocycles. The van der Waals surface area contributed by atoms with Gasteiger partial charge in [0.1, 0.15) is 6.61 Å². The number of carbonyl (C=O) groups excluding carboxylic acids is 1. The zero-order valence-corrected chi connectivity index (χ0v) is 15.5. The Hall–Kier alpha value is -1.39. The summed E-state index contributed by atoms with van der Waals surface area (Å²) in [6.45, 7) is 0.196. The Bertz CT molecular complexity index is 788. The Kier molecular flexibility index (Phi) is 6.81. The maximum Gasteiger partial charge on any atom is 0.245 e. The Labute approximate surface area is 159 Å². The molecule has 0 unspecified atom stereocenters. The lowest BCUT2D eigenvalue weighted by molar-refractivity contribution is -0.107. The molecule has 0 N–H and O–H groups in total. The highest BCUT2D eigenvalue weighted by molar-refractivity contribution is 6.66. The molecule has 0 bridgehead atoms. The van der Waals surface area contributed by atoms with Gasteiger partial charge in [0.15, 0.2) is 11.5 Å². The summed E-state index contributed by atoms with van der Waals surface area (Å²) in [5, 5.41) is 0.797. The third-order valence-electron chi connectivity index (χ3n) is 3.05. The van der Waals surface area contributed by atoms with Crippen LogP contribution in [0.4, 0.5) is 0 Å². The van der Waals surface area contributed by atoms with Crippen molar-refractivity contribution in [3.63, 3.8) is 0 Å². The van der Waals surface area contributed by atoms with Crippen molar-refractivity contribution >= 4 is 57.7 Å². The fraction of sp³-hybridized carbons (Fsp3) is 0.118. The number of hydrogen-bond acceptors (Lipinski definition) is 3. The molecule has 0 aromatic heterocycles. The maximum absolute atomic E-state index is 10.8. The van der Waals surface area contributed by atoms with Gasteiger partial charge in [0.2, 0.25) is 5.24 Å². The molecule has 0 heterocycles. The number of halogens is 4. The summed E-state index contributed by atoms with van der Waals surface area (Å²) in [5.41, 5.74) is 1.42. The number of methoxy groups -OCH3 is 1. The average molecular weight is 406 g/mol. The molecule has 7 heteroatoms. The second kappa shape index (κ2) is 8.63. The molecule has 3 nitrogen and oxygen atoms in total. The van der Waals surface area contributed by atoms with Gasteiger partial charge in [0.05, 0.1) is 12.1 Å². The molecule has 0 aliphatic carbocycles. The van der Waals surface area contributed by atoms with E-state index in [0.717, 1.165) is 5.56 Å². The molecule has 126 valence electrons. The van der Waals surface area contributed by atoms with E-state index in [0.29, 0.717) is 32.1 Å². The van der Waals surface area contributed by atoms with Crippen molar-refractivity contribution in [3.8, 4) is 11.5 Å². The first-order valence-corrected chi connectivity index (χ1v) is 8.23. The van der Waals surface area contributed by atoms with Gasteiger partial charge in [-0.05, 0) is 53.6 Å². The van der Waals surface area contributed by atoms with E-state index in [-0.39, 0.29) is 6.61 Å². The average Bonchev–Trinajstić information content (AvgIpc) is 2.52. The zero-order chi connectivity index (χ0) is 17.7. The molecule has 0 aliphatic heterocycles. The molecule has 2 rings (SSSR count). The van der Waals surface area contributed by atoms with Gasteiger partial charge in [-0.2, -0.15) is 0 Å². The van der Waals surface area contributed by atoms with Gasteiger partial charge >= 0.3 is 0 Å². The highest BCUT2D eigenvalue weighted by Crippen LogP contribution is 2.37. The standard InChI is InChI=1S/C17H12Cl4O3/c1-23-15-7-10(2-5-16(21)22)6-14(20)17(15)24-9-11-3-4-12(18)8-13(11)19/h2-8H,9H2,1H3/b5-2+. The maximum atomic E-state index is 10.8. The minimum atomic E-state index is -0.581. The van der Waals surface area contributed by atoms with Gasteiger partial charge < -0.3 is 9.47 Å². The minimum absolute atomic E-state index is 0.196. The number of carbonyl (C=O) groups is 1. The summed E-state index contributed by atoms with van der Waals surface area (Å²) in [7, 11) is 1.49. The van der Waals surface area contributed by atoms with Crippen LogP contribution in [0.25, 0.3) is 6.08 Å². The predicted molar refractivity (Wildman–Crippen MR) is 98.7 cm³/mol. The third kappa shape index (κ3) is 5.05. The van der Waals surface area contributed by atoms with Crippen LogP contribution in [0.15, 0.2) is 36.4 Å². The second-order valence-corrected chi connectivity index (χ2v) is 6.32. The molecule has 24 heavy (non-hydrogen) atoms. The minimum Gasteiger partial charge on any atom is -0.493 e. The van der Waals surface area contributed by atoms with E-state index in [1.807, 2.05) is 0 Å².